The first-order valence-corrected chi connectivity index (χ1v) is 9.05. The number of carbonyl (C=O) groups excluding carboxylic acids is 1. The lowest BCUT2D eigenvalue weighted by Gasteiger charge is -2.24. The standard InChI is InChI=1S/C15H15N3O7S/c19-15(16-11-2-1-3-12(10-11)18(20)21)13-4-5-14(25-13)26(22,23)17-6-8-24-9-7-17/h1-5,10H,6-9H2,(H,16,19). The molecular weight excluding hydrogens is 366 g/mol. The van der Waals surface area contributed by atoms with Crippen molar-refractivity contribution in [3.05, 3.63) is 52.3 Å². The Morgan fingerprint density at radius 1 is 1.19 bits per heavy atom. The highest BCUT2D eigenvalue weighted by molar-refractivity contribution is 7.89. The minimum absolute atomic E-state index is 0.183. The maximum Gasteiger partial charge on any atom is 0.291 e. The van der Waals surface area contributed by atoms with Crippen molar-refractivity contribution in [1.29, 1.82) is 0 Å². The van der Waals surface area contributed by atoms with E-state index in [0.717, 1.165) is 0 Å². The first-order chi connectivity index (χ1) is 12.4. The van der Waals surface area contributed by atoms with E-state index < -0.39 is 20.9 Å². The number of sulfonamides is 1. The molecule has 0 spiro atoms. The van der Waals surface area contributed by atoms with Crippen LogP contribution in [0.2, 0.25) is 0 Å². The molecule has 0 radical (unpaired) electrons. The molecule has 1 aliphatic heterocycles. The zero-order chi connectivity index (χ0) is 18.7. The number of non-ortho nitro benzene ring substituents is 1. The molecule has 2 aromatic rings. The molecular formula is C15H15N3O7S. The number of ether oxygens (including phenoxy) is 1. The number of nitro benzene ring substituents is 1. The number of anilines is 1. The number of amides is 1. The normalized spacial score (nSPS) is 15.5. The smallest absolute Gasteiger partial charge is 0.291 e. The molecule has 1 fully saturated rings. The third kappa shape index (κ3) is 3.74. The van der Waals surface area contributed by atoms with Crippen LogP contribution in [0.4, 0.5) is 11.4 Å². The van der Waals surface area contributed by atoms with Gasteiger partial charge in [-0.1, -0.05) is 6.07 Å². The second kappa shape index (κ2) is 7.23. The van der Waals surface area contributed by atoms with E-state index in [9.17, 15) is 23.3 Å². The summed E-state index contributed by atoms with van der Waals surface area (Å²) < 4.78 is 36.5. The summed E-state index contributed by atoms with van der Waals surface area (Å²) >= 11 is 0. The Balaban J connectivity index is 1.76. The van der Waals surface area contributed by atoms with Crippen LogP contribution in [0.5, 0.6) is 0 Å². The van der Waals surface area contributed by atoms with Crippen LogP contribution in [0.1, 0.15) is 10.6 Å². The van der Waals surface area contributed by atoms with Crippen molar-refractivity contribution < 1.29 is 27.3 Å². The van der Waals surface area contributed by atoms with Gasteiger partial charge >= 0.3 is 0 Å². The molecule has 1 aromatic heterocycles. The van der Waals surface area contributed by atoms with E-state index in [1.165, 1.54) is 40.7 Å². The first kappa shape index (κ1) is 18.0. The van der Waals surface area contributed by atoms with Crippen LogP contribution < -0.4 is 5.32 Å². The predicted octanol–water partition coefficient (Wildman–Crippen LogP) is 1.46. The summed E-state index contributed by atoms with van der Waals surface area (Å²) in [7, 11) is -3.85. The van der Waals surface area contributed by atoms with E-state index in [2.05, 4.69) is 5.32 Å². The summed E-state index contributed by atoms with van der Waals surface area (Å²) in [6, 6.07) is 7.80. The van der Waals surface area contributed by atoms with Gasteiger partial charge in [0.25, 0.3) is 21.6 Å². The zero-order valence-electron chi connectivity index (χ0n) is 13.5. The Labute approximate surface area is 148 Å². The van der Waals surface area contributed by atoms with E-state index in [4.69, 9.17) is 9.15 Å². The van der Waals surface area contributed by atoms with Gasteiger partial charge in [-0.3, -0.25) is 14.9 Å². The number of furan rings is 1. The molecule has 26 heavy (non-hydrogen) atoms. The Morgan fingerprint density at radius 3 is 2.62 bits per heavy atom. The fourth-order valence-electron chi connectivity index (χ4n) is 2.38. The van der Waals surface area contributed by atoms with Crippen LogP contribution in [0, 0.1) is 10.1 Å². The summed E-state index contributed by atoms with van der Waals surface area (Å²) in [4.78, 5) is 22.4. The van der Waals surface area contributed by atoms with E-state index in [-0.39, 0.29) is 35.3 Å². The number of nitrogens with zero attached hydrogens (tertiary/aromatic N) is 2. The number of nitrogens with one attached hydrogen (secondary N) is 1. The summed E-state index contributed by atoms with van der Waals surface area (Å²) in [5.41, 5.74) is 0.0102. The van der Waals surface area contributed by atoms with Gasteiger partial charge in [-0.2, -0.15) is 4.31 Å². The van der Waals surface area contributed by atoms with E-state index in [0.29, 0.717) is 13.2 Å². The van der Waals surface area contributed by atoms with Crippen LogP contribution in [0.25, 0.3) is 0 Å². The maximum atomic E-state index is 12.5. The summed E-state index contributed by atoms with van der Waals surface area (Å²) in [5.74, 6) is -0.933. The predicted molar refractivity (Wildman–Crippen MR) is 89.3 cm³/mol. The Bertz CT molecular complexity index is 932. The van der Waals surface area contributed by atoms with Crippen molar-refractivity contribution in [2.45, 2.75) is 5.09 Å². The molecule has 138 valence electrons. The molecule has 1 amide bonds. The van der Waals surface area contributed by atoms with Crippen molar-refractivity contribution in [2.75, 3.05) is 31.6 Å². The van der Waals surface area contributed by atoms with Crippen molar-refractivity contribution in [3.63, 3.8) is 0 Å². The molecule has 11 heteroatoms. The van der Waals surface area contributed by atoms with Gasteiger partial charge in [0.05, 0.1) is 18.1 Å². The SMILES string of the molecule is O=C(Nc1cccc([N+](=O)[O-])c1)c1ccc(S(=O)(=O)N2CCOCC2)o1. The first-order valence-electron chi connectivity index (χ1n) is 7.61. The Morgan fingerprint density at radius 2 is 1.92 bits per heavy atom. The van der Waals surface area contributed by atoms with Gasteiger partial charge < -0.3 is 14.5 Å². The van der Waals surface area contributed by atoms with Crippen LogP contribution in [-0.2, 0) is 14.8 Å². The van der Waals surface area contributed by atoms with Crippen molar-refractivity contribution in [2.24, 2.45) is 0 Å². The minimum Gasteiger partial charge on any atom is -0.438 e. The summed E-state index contributed by atoms with van der Waals surface area (Å²) in [6.45, 7) is 0.997. The zero-order valence-corrected chi connectivity index (χ0v) is 14.3. The quantitative estimate of drug-likeness (QED) is 0.612. The molecule has 10 nitrogen and oxygen atoms in total. The van der Waals surface area contributed by atoms with Gasteiger partial charge in [-0.05, 0) is 18.2 Å². The molecule has 2 heterocycles. The lowest BCUT2D eigenvalue weighted by molar-refractivity contribution is -0.384. The average Bonchev–Trinajstić information content (AvgIpc) is 3.14. The van der Waals surface area contributed by atoms with Gasteiger partial charge in [0.15, 0.2) is 5.76 Å². The molecule has 0 unspecified atom stereocenters. The lowest BCUT2D eigenvalue weighted by atomic mass is 10.2. The molecule has 1 aliphatic rings. The average molecular weight is 381 g/mol. The van der Waals surface area contributed by atoms with Crippen LogP contribution >= 0.6 is 0 Å². The topological polar surface area (TPSA) is 132 Å². The fraction of sp³-hybridized carbons (Fsp3) is 0.267. The number of morpholine rings is 1. The Kier molecular flexibility index (Phi) is 5.02. The lowest BCUT2D eigenvalue weighted by Crippen LogP contribution is -2.40. The minimum atomic E-state index is -3.85. The molecule has 1 N–H and O–H groups in total. The molecule has 1 saturated heterocycles. The van der Waals surface area contributed by atoms with Gasteiger partial charge in [-0.25, -0.2) is 8.42 Å². The second-order valence-electron chi connectivity index (χ2n) is 5.40. The highest BCUT2D eigenvalue weighted by Gasteiger charge is 2.30. The molecule has 0 saturated carbocycles. The molecule has 0 bridgehead atoms. The molecule has 1 aromatic carbocycles. The third-order valence-corrected chi connectivity index (χ3v) is 5.46. The van der Waals surface area contributed by atoms with Crippen molar-refractivity contribution in [1.82, 2.24) is 4.31 Å². The number of carbonyl (C=O) groups is 1. The van der Waals surface area contributed by atoms with E-state index in [1.54, 1.807) is 0 Å². The highest BCUT2D eigenvalue weighted by Crippen LogP contribution is 2.22. The van der Waals surface area contributed by atoms with Crippen molar-refractivity contribution >= 4 is 27.3 Å². The van der Waals surface area contributed by atoms with Gasteiger partial charge in [0, 0.05) is 30.9 Å². The van der Waals surface area contributed by atoms with E-state index in [1.807, 2.05) is 0 Å². The van der Waals surface area contributed by atoms with Gasteiger partial charge in [0.1, 0.15) is 0 Å². The highest BCUT2D eigenvalue weighted by atomic mass is 32.2. The van der Waals surface area contributed by atoms with Crippen molar-refractivity contribution in [3.8, 4) is 0 Å². The van der Waals surface area contributed by atoms with Gasteiger partial charge in [0.2, 0.25) is 5.09 Å². The van der Waals surface area contributed by atoms with Crippen LogP contribution in [0.3, 0.4) is 0 Å². The molecule has 0 aliphatic carbocycles. The monoisotopic (exact) mass is 381 g/mol. The second-order valence-corrected chi connectivity index (χ2v) is 7.27. The summed E-state index contributed by atoms with van der Waals surface area (Å²) in [5, 5.41) is 12.9. The molecule has 3 rings (SSSR count). The third-order valence-electron chi connectivity index (χ3n) is 3.68. The van der Waals surface area contributed by atoms with Crippen LogP contribution in [-0.4, -0.2) is 49.9 Å². The number of hydrogen-bond donors (Lipinski definition) is 1. The number of rotatable bonds is 5. The molecule has 0 atom stereocenters. The summed E-state index contributed by atoms with van der Waals surface area (Å²) in [6.07, 6.45) is 0. The van der Waals surface area contributed by atoms with Crippen LogP contribution in [0.15, 0.2) is 45.9 Å². The largest absolute Gasteiger partial charge is 0.438 e. The number of benzene rings is 1. The van der Waals surface area contributed by atoms with E-state index >= 15 is 0 Å². The Hall–Kier alpha value is -2.76. The van der Waals surface area contributed by atoms with Gasteiger partial charge in [-0.15, -0.1) is 0 Å². The number of nitro groups is 1. The fourth-order valence-corrected chi connectivity index (χ4v) is 3.70. The maximum absolute atomic E-state index is 12.5. The number of hydrogen-bond acceptors (Lipinski definition) is 7.